The van der Waals surface area contributed by atoms with Crippen molar-refractivity contribution in [2.24, 2.45) is 0 Å². The molecule has 6 nitrogen and oxygen atoms in total. The summed E-state index contributed by atoms with van der Waals surface area (Å²) in [6, 6.07) is 12.2. The number of rotatable bonds is 4. The molecule has 2 aromatic rings. The number of aryl methyl sites for hydroxylation is 1. The van der Waals surface area contributed by atoms with Gasteiger partial charge in [-0.2, -0.15) is 0 Å². The number of aromatic nitrogens is 2. The number of anilines is 2. The summed E-state index contributed by atoms with van der Waals surface area (Å²) in [6.45, 7) is 7.17. The van der Waals surface area contributed by atoms with Gasteiger partial charge in [0.05, 0.1) is 0 Å². The van der Waals surface area contributed by atoms with Gasteiger partial charge in [-0.3, -0.25) is 4.79 Å². The average Bonchev–Trinajstić information content (AvgIpc) is 2.79. The Bertz CT molecular complexity index is 850. The van der Waals surface area contributed by atoms with Gasteiger partial charge in [-0.15, -0.1) is 10.2 Å². The molecule has 2 fully saturated rings. The topological polar surface area (TPSA) is 52.6 Å². The maximum atomic E-state index is 12.5. The largest absolute Gasteiger partial charge is 0.355 e. The minimum atomic E-state index is 0.0689. The fourth-order valence-corrected chi connectivity index (χ4v) is 3.97. The maximum Gasteiger partial charge on any atom is 0.246 e. The molecule has 0 N–H and O–H groups in total. The summed E-state index contributed by atoms with van der Waals surface area (Å²) >= 11 is 0. The van der Waals surface area contributed by atoms with Gasteiger partial charge in [0.1, 0.15) is 0 Å². The summed E-state index contributed by atoms with van der Waals surface area (Å²) in [5.74, 6) is 1.94. The van der Waals surface area contributed by atoms with Gasteiger partial charge in [-0.05, 0) is 55.5 Å². The fraction of sp³-hybridized carbons (Fsp3) is 0.435. The Kier molecular flexibility index (Phi) is 6.08. The van der Waals surface area contributed by atoms with E-state index in [1.165, 1.54) is 24.8 Å². The Labute approximate surface area is 172 Å². The van der Waals surface area contributed by atoms with Crippen LogP contribution in [0.2, 0.25) is 0 Å². The Balaban J connectivity index is 1.31. The van der Waals surface area contributed by atoms with Crippen molar-refractivity contribution in [3.63, 3.8) is 0 Å². The molecule has 3 heterocycles. The Morgan fingerprint density at radius 1 is 0.828 bits per heavy atom. The SMILES string of the molecule is Cc1ccccc1/C=C/C(=O)N1CCN(c2ccc(N3CCCCC3)nn2)CC1. The number of nitrogens with zero attached hydrogens (tertiary/aromatic N) is 5. The van der Waals surface area contributed by atoms with Crippen LogP contribution in [0, 0.1) is 6.92 Å². The van der Waals surface area contributed by atoms with Crippen LogP contribution in [0.1, 0.15) is 30.4 Å². The predicted molar refractivity (Wildman–Crippen MR) is 117 cm³/mol. The highest BCUT2D eigenvalue weighted by atomic mass is 16.2. The van der Waals surface area contributed by atoms with E-state index in [-0.39, 0.29) is 5.91 Å². The highest BCUT2D eigenvalue weighted by molar-refractivity contribution is 5.92. The summed E-state index contributed by atoms with van der Waals surface area (Å²) < 4.78 is 0. The van der Waals surface area contributed by atoms with Crippen LogP contribution in [0.15, 0.2) is 42.5 Å². The molecule has 1 aromatic heterocycles. The third kappa shape index (κ3) is 4.75. The van der Waals surface area contributed by atoms with Gasteiger partial charge in [0.15, 0.2) is 11.6 Å². The zero-order chi connectivity index (χ0) is 20.1. The zero-order valence-electron chi connectivity index (χ0n) is 17.1. The third-order valence-electron chi connectivity index (χ3n) is 5.83. The summed E-state index contributed by atoms with van der Waals surface area (Å²) in [6.07, 6.45) is 7.38. The van der Waals surface area contributed by atoms with Gasteiger partial charge >= 0.3 is 0 Å². The van der Waals surface area contributed by atoms with Crippen molar-refractivity contribution >= 4 is 23.6 Å². The fourth-order valence-electron chi connectivity index (χ4n) is 3.97. The van der Waals surface area contributed by atoms with E-state index in [0.29, 0.717) is 13.1 Å². The summed E-state index contributed by atoms with van der Waals surface area (Å²) in [4.78, 5) is 19.0. The molecule has 0 aliphatic carbocycles. The Hall–Kier alpha value is -2.89. The van der Waals surface area contributed by atoms with Crippen molar-refractivity contribution in [1.82, 2.24) is 15.1 Å². The van der Waals surface area contributed by atoms with Gasteiger partial charge in [0, 0.05) is 45.3 Å². The third-order valence-corrected chi connectivity index (χ3v) is 5.83. The van der Waals surface area contributed by atoms with Gasteiger partial charge in [-0.25, -0.2) is 0 Å². The minimum Gasteiger partial charge on any atom is -0.355 e. The molecule has 0 saturated carbocycles. The lowest BCUT2D eigenvalue weighted by Gasteiger charge is -2.35. The molecular weight excluding hydrogens is 362 g/mol. The van der Waals surface area contributed by atoms with E-state index < -0.39 is 0 Å². The molecule has 29 heavy (non-hydrogen) atoms. The van der Waals surface area contributed by atoms with E-state index in [2.05, 4.69) is 45.1 Å². The summed E-state index contributed by atoms with van der Waals surface area (Å²) in [7, 11) is 0. The van der Waals surface area contributed by atoms with Crippen LogP contribution in [0.3, 0.4) is 0 Å². The maximum absolute atomic E-state index is 12.5. The zero-order valence-corrected chi connectivity index (χ0v) is 17.1. The van der Waals surface area contributed by atoms with Crippen LogP contribution in [-0.4, -0.2) is 60.3 Å². The van der Waals surface area contributed by atoms with E-state index in [1.807, 2.05) is 29.2 Å². The highest BCUT2D eigenvalue weighted by Gasteiger charge is 2.21. The summed E-state index contributed by atoms with van der Waals surface area (Å²) in [5, 5.41) is 8.90. The molecule has 2 aliphatic rings. The number of amides is 1. The molecule has 6 heteroatoms. The van der Waals surface area contributed by atoms with E-state index in [9.17, 15) is 4.79 Å². The molecule has 2 aliphatic heterocycles. The lowest BCUT2D eigenvalue weighted by molar-refractivity contribution is -0.126. The number of hydrogen-bond acceptors (Lipinski definition) is 5. The van der Waals surface area contributed by atoms with Gasteiger partial charge < -0.3 is 14.7 Å². The number of hydrogen-bond donors (Lipinski definition) is 0. The second-order valence-corrected chi connectivity index (χ2v) is 7.80. The van der Waals surface area contributed by atoms with E-state index >= 15 is 0 Å². The second kappa shape index (κ2) is 9.07. The smallest absolute Gasteiger partial charge is 0.246 e. The van der Waals surface area contributed by atoms with Crippen LogP contribution < -0.4 is 9.80 Å². The summed E-state index contributed by atoms with van der Waals surface area (Å²) in [5.41, 5.74) is 2.26. The first-order valence-electron chi connectivity index (χ1n) is 10.6. The van der Waals surface area contributed by atoms with Gasteiger partial charge in [0.2, 0.25) is 5.91 Å². The van der Waals surface area contributed by atoms with E-state index in [1.54, 1.807) is 6.08 Å². The van der Waals surface area contributed by atoms with Crippen molar-refractivity contribution < 1.29 is 4.79 Å². The van der Waals surface area contributed by atoms with Crippen molar-refractivity contribution in [3.05, 3.63) is 53.6 Å². The number of carbonyl (C=O) groups excluding carboxylic acids is 1. The van der Waals surface area contributed by atoms with Crippen molar-refractivity contribution in [1.29, 1.82) is 0 Å². The molecule has 4 rings (SSSR count). The van der Waals surface area contributed by atoms with Crippen molar-refractivity contribution in [3.8, 4) is 0 Å². The Morgan fingerprint density at radius 3 is 2.07 bits per heavy atom. The number of carbonyl (C=O) groups is 1. The van der Waals surface area contributed by atoms with Gasteiger partial charge in [0.25, 0.3) is 0 Å². The molecule has 0 spiro atoms. The first kappa shape index (κ1) is 19.4. The highest BCUT2D eigenvalue weighted by Crippen LogP contribution is 2.20. The molecule has 1 amide bonds. The number of piperazine rings is 1. The van der Waals surface area contributed by atoms with E-state index in [0.717, 1.165) is 43.4 Å². The van der Waals surface area contributed by atoms with Crippen LogP contribution in [0.5, 0.6) is 0 Å². The van der Waals surface area contributed by atoms with Gasteiger partial charge in [-0.1, -0.05) is 24.3 Å². The van der Waals surface area contributed by atoms with Crippen LogP contribution >= 0.6 is 0 Å². The molecular formula is C23H29N5O. The first-order valence-corrected chi connectivity index (χ1v) is 10.6. The van der Waals surface area contributed by atoms with Crippen molar-refractivity contribution in [2.45, 2.75) is 26.2 Å². The molecule has 0 unspecified atom stereocenters. The van der Waals surface area contributed by atoms with Crippen LogP contribution in [0.4, 0.5) is 11.6 Å². The average molecular weight is 392 g/mol. The molecule has 1 aromatic carbocycles. The molecule has 152 valence electrons. The van der Waals surface area contributed by atoms with E-state index in [4.69, 9.17) is 0 Å². The number of benzene rings is 1. The Morgan fingerprint density at radius 2 is 1.45 bits per heavy atom. The van der Waals surface area contributed by atoms with Crippen molar-refractivity contribution in [2.75, 3.05) is 49.1 Å². The first-order chi connectivity index (χ1) is 14.2. The number of piperidine rings is 1. The molecule has 0 radical (unpaired) electrons. The lowest BCUT2D eigenvalue weighted by Crippen LogP contribution is -2.48. The lowest BCUT2D eigenvalue weighted by atomic mass is 10.1. The molecule has 2 saturated heterocycles. The quantitative estimate of drug-likeness (QED) is 0.750. The van der Waals surface area contributed by atoms with Crippen LogP contribution in [0.25, 0.3) is 6.08 Å². The molecule has 0 bridgehead atoms. The second-order valence-electron chi connectivity index (χ2n) is 7.80. The normalized spacial score (nSPS) is 17.8. The predicted octanol–water partition coefficient (Wildman–Crippen LogP) is 3.14. The molecule has 0 atom stereocenters. The standard InChI is InChI=1S/C23H29N5O/c1-19-7-3-4-8-20(19)9-12-23(29)28-17-15-27(16-18-28)22-11-10-21(24-25-22)26-13-5-2-6-14-26/h3-4,7-12H,2,5-6,13-18H2,1H3/b12-9+. The van der Waals surface area contributed by atoms with Crippen LogP contribution in [-0.2, 0) is 4.79 Å². The minimum absolute atomic E-state index is 0.0689. The monoisotopic (exact) mass is 391 g/mol.